The molecular weight excluding hydrogens is 445 g/mol. The summed E-state index contributed by atoms with van der Waals surface area (Å²) >= 11 is 0. The van der Waals surface area contributed by atoms with Gasteiger partial charge in [-0.1, -0.05) is 75.6 Å². The van der Waals surface area contributed by atoms with Crippen LogP contribution in [0.25, 0.3) is 11.1 Å². The average molecular weight is 481 g/mol. The molecule has 0 bridgehead atoms. The number of unbranched alkanes of at least 4 members (excludes halogenated alkanes) is 1. The van der Waals surface area contributed by atoms with Crippen molar-refractivity contribution in [3.8, 4) is 16.9 Å². The lowest BCUT2D eigenvalue weighted by atomic mass is 9.79. The number of aryl methyl sites for hydroxylation is 2. The van der Waals surface area contributed by atoms with Crippen molar-refractivity contribution in [1.29, 1.82) is 0 Å². The SMILES string of the molecule is CCCCOc1ccc(CCc2ccc(-c3ccc(C4CCC(C)CC4)c(F)c3F)cc2)c(F)c1. The summed E-state index contributed by atoms with van der Waals surface area (Å²) < 4.78 is 50.0. The highest BCUT2D eigenvalue weighted by molar-refractivity contribution is 5.65. The van der Waals surface area contributed by atoms with Crippen LogP contribution in [0.4, 0.5) is 13.2 Å². The molecule has 1 aliphatic carbocycles. The highest BCUT2D eigenvalue weighted by atomic mass is 19.2. The molecule has 1 fully saturated rings. The van der Waals surface area contributed by atoms with Crippen LogP contribution in [0.2, 0.25) is 0 Å². The molecule has 1 aliphatic rings. The molecule has 0 aliphatic heterocycles. The summed E-state index contributed by atoms with van der Waals surface area (Å²) in [7, 11) is 0. The molecule has 0 unspecified atom stereocenters. The Morgan fingerprint density at radius 2 is 1.57 bits per heavy atom. The zero-order chi connectivity index (χ0) is 24.8. The van der Waals surface area contributed by atoms with Gasteiger partial charge in [0.2, 0.25) is 0 Å². The minimum atomic E-state index is -0.766. The normalized spacial score (nSPS) is 18.0. The van der Waals surface area contributed by atoms with Crippen molar-refractivity contribution < 1.29 is 17.9 Å². The van der Waals surface area contributed by atoms with Crippen molar-refractivity contribution in [2.45, 2.75) is 71.1 Å². The highest BCUT2D eigenvalue weighted by Crippen LogP contribution is 2.38. The molecule has 186 valence electrons. The van der Waals surface area contributed by atoms with Crippen LogP contribution in [0.3, 0.4) is 0 Å². The Morgan fingerprint density at radius 3 is 2.26 bits per heavy atom. The third-order valence-electron chi connectivity index (χ3n) is 7.31. The van der Waals surface area contributed by atoms with Gasteiger partial charge >= 0.3 is 0 Å². The first-order valence-electron chi connectivity index (χ1n) is 12.9. The van der Waals surface area contributed by atoms with Gasteiger partial charge < -0.3 is 4.74 Å². The third-order valence-corrected chi connectivity index (χ3v) is 7.31. The fourth-order valence-electron chi connectivity index (χ4n) is 4.96. The lowest BCUT2D eigenvalue weighted by molar-refractivity contribution is 0.307. The Hall–Kier alpha value is -2.75. The van der Waals surface area contributed by atoms with Crippen LogP contribution in [0.5, 0.6) is 5.75 Å². The first-order valence-corrected chi connectivity index (χ1v) is 12.9. The van der Waals surface area contributed by atoms with Gasteiger partial charge in [0.15, 0.2) is 11.6 Å². The Balaban J connectivity index is 1.40. The Morgan fingerprint density at radius 1 is 0.829 bits per heavy atom. The quantitative estimate of drug-likeness (QED) is 0.278. The van der Waals surface area contributed by atoms with E-state index in [1.54, 1.807) is 18.2 Å². The van der Waals surface area contributed by atoms with Crippen molar-refractivity contribution >= 4 is 0 Å². The topological polar surface area (TPSA) is 9.23 Å². The number of hydrogen-bond donors (Lipinski definition) is 0. The van der Waals surface area contributed by atoms with Crippen LogP contribution >= 0.6 is 0 Å². The summed E-state index contributed by atoms with van der Waals surface area (Å²) in [6.45, 7) is 4.90. The van der Waals surface area contributed by atoms with Crippen molar-refractivity contribution in [2.24, 2.45) is 5.92 Å². The van der Waals surface area contributed by atoms with E-state index in [0.717, 1.165) is 44.1 Å². The second-order valence-electron chi connectivity index (χ2n) is 9.94. The van der Waals surface area contributed by atoms with Gasteiger partial charge in [0.25, 0.3) is 0 Å². The number of halogens is 3. The third kappa shape index (κ3) is 6.28. The smallest absolute Gasteiger partial charge is 0.166 e. The van der Waals surface area contributed by atoms with Gasteiger partial charge in [-0.25, -0.2) is 13.2 Å². The van der Waals surface area contributed by atoms with Gasteiger partial charge in [-0.3, -0.25) is 0 Å². The zero-order valence-electron chi connectivity index (χ0n) is 20.8. The zero-order valence-corrected chi connectivity index (χ0v) is 20.8. The predicted octanol–water partition coefficient (Wildman–Crippen LogP) is 9.03. The lowest BCUT2D eigenvalue weighted by Gasteiger charge is -2.27. The molecule has 3 aromatic carbocycles. The molecule has 35 heavy (non-hydrogen) atoms. The van der Waals surface area contributed by atoms with E-state index in [1.807, 2.05) is 30.3 Å². The van der Waals surface area contributed by atoms with Gasteiger partial charge in [0, 0.05) is 11.6 Å². The highest BCUT2D eigenvalue weighted by Gasteiger charge is 2.25. The summed E-state index contributed by atoms with van der Waals surface area (Å²) in [4.78, 5) is 0. The maximum atomic E-state index is 15.0. The molecule has 0 amide bonds. The molecule has 0 atom stereocenters. The summed E-state index contributed by atoms with van der Waals surface area (Å²) in [6, 6.07) is 16.0. The first-order chi connectivity index (χ1) is 17.0. The molecule has 0 N–H and O–H groups in total. The van der Waals surface area contributed by atoms with Crippen molar-refractivity contribution in [3.63, 3.8) is 0 Å². The van der Waals surface area contributed by atoms with E-state index < -0.39 is 11.6 Å². The largest absolute Gasteiger partial charge is 0.493 e. The van der Waals surface area contributed by atoms with Gasteiger partial charge in [-0.15, -0.1) is 0 Å². The molecule has 4 heteroatoms. The lowest BCUT2D eigenvalue weighted by Crippen LogP contribution is -2.13. The summed E-state index contributed by atoms with van der Waals surface area (Å²) in [5.41, 5.74) is 3.10. The Bertz CT molecular complexity index is 1110. The van der Waals surface area contributed by atoms with Crippen LogP contribution in [-0.4, -0.2) is 6.61 Å². The van der Waals surface area contributed by atoms with E-state index in [9.17, 15) is 13.2 Å². The van der Waals surface area contributed by atoms with Crippen molar-refractivity contribution in [2.75, 3.05) is 6.61 Å². The predicted molar refractivity (Wildman–Crippen MR) is 136 cm³/mol. The molecular formula is C31H35F3O. The second-order valence-corrected chi connectivity index (χ2v) is 9.94. The molecule has 3 aromatic rings. The molecule has 0 aromatic heterocycles. The Kier molecular flexibility index (Phi) is 8.54. The van der Waals surface area contributed by atoms with Crippen LogP contribution in [0.15, 0.2) is 54.6 Å². The molecule has 4 rings (SSSR count). The first kappa shape index (κ1) is 25.3. The standard InChI is InChI=1S/C31H35F3O/c1-3-4-19-35-26-16-15-25(29(32)20-26)14-9-22-7-12-24(13-8-22)28-18-17-27(30(33)31(28)34)23-10-5-21(2)6-11-23/h7-8,12-13,15-18,20-21,23H,3-6,9-11,14,19H2,1-2H3. The van der Waals surface area contributed by atoms with Gasteiger partial charge in [0.05, 0.1) is 6.61 Å². The van der Waals surface area contributed by atoms with E-state index >= 15 is 0 Å². The number of ether oxygens (including phenoxy) is 1. The molecule has 0 radical (unpaired) electrons. The molecule has 0 saturated heterocycles. The van der Waals surface area contributed by atoms with E-state index in [4.69, 9.17) is 4.74 Å². The van der Waals surface area contributed by atoms with Crippen LogP contribution in [0, 0.1) is 23.4 Å². The maximum Gasteiger partial charge on any atom is 0.166 e. The van der Waals surface area contributed by atoms with Crippen LogP contribution in [-0.2, 0) is 12.8 Å². The summed E-state index contributed by atoms with van der Waals surface area (Å²) in [6.07, 6.45) is 7.15. The number of rotatable bonds is 9. The van der Waals surface area contributed by atoms with Crippen LogP contribution < -0.4 is 4.74 Å². The minimum Gasteiger partial charge on any atom is -0.493 e. The summed E-state index contributed by atoms with van der Waals surface area (Å²) in [5, 5.41) is 0. The van der Waals surface area contributed by atoms with Gasteiger partial charge in [-0.2, -0.15) is 0 Å². The molecule has 0 heterocycles. The molecule has 1 saturated carbocycles. The number of hydrogen-bond acceptors (Lipinski definition) is 1. The fourth-order valence-corrected chi connectivity index (χ4v) is 4.96. The van der Waals surface area contributed by atoms with E-state index in [2.05, 4.69) is 13.8 Å². The Labute approximate surface area is 207 Å². The van der Waals surface area contributed by atoms with E-state index in [1.165, 1.54) is 6.07 Å². The van der Waals surface area contributed by atoms with Gasteiger partial charge in [0.1, 0.15) is 11.6 Å². The van der Waals surface area contributed by atoms with E-state index in [0.29, 0.717) is 47.8 Å². The van der Waals surface area contributed by atoms with Crippen molar-refractivity contribution in [3.05, 3.63) is 88.7 Å². The summed E-state index contributed by atoms with van der Waals surface area (Å²) in [5.74, 6) is -0.407. The minimum absolute atomic E-state index is 0.106. The van der Waals surface area contributed by atoms with Crippen LogP contribution in [0.1, 0.15) is 75.0 Å². The average Bonchev–Trinajstić information content (AvgIpc) is 2.86. The van der Waals surface area contributed by atoms with Gasteiger partial charge in [-0.05, 0) is 72.3 Å². The van der Waals surface area contributed by atoms with Crippen molar-refractivity contribution in [1.82, 2.24) is 0 Å². The molecule has 0 spiro atoms. The van der Waals surface area contributed by atoms with E-state index in [-0.39, 0.29) is 17.3 Å². The fraction of sp³-hybridized carbons (Fsp3) is 0.419. The monoisotopic (exact) mass is 480 g/mol. The molecule has 1 nitrogen and oxygen atoms in total. The second kappa shape index (κ2) is 11.8. The maximum absolute atomic E-state index is 15.0. The number of benzene rings is 3.